The molecule has 0 aliphatic rings. The largest absolute Gasteiger partial charge is 0.356 e. The second-order valence-electron chi connectivity index (χ2n) is 7.12. The minimum absolute atomic E-state index is 0.0692. The molecule has 0 bridgehead atoms. The van der Waals surface area contributed by atoms with E-state index in [1.165, 1.54) is 0 Å². The van der Waals surface area contributed by atoms with Crippen LogP contribution in [-0.4, -0.2) is 22.0 Å². The standard InChI is InChI=1S/C23H27N3O/c1-17(2)16-26-21-12-7-6-11-20(21)25-22(26)13-8-14-24-23(27)15-19-10-5-4-9-18(19)3/h4-7,9-12H,1,8,13-16H2,2-3H3,(H,24,27). The zero-order valence-corrected chi connectivity index (χ0v) is 16.2. The van der Waals surface area contributed by atoms with Crippen LogP contribution in [0.5, 0.6) is 0 Å². The Hall–Kier alpha value is -2.88. The maximum absolute atomic E-state index is 12.2. The molecule has 27 heavy (non-hydrogen) atoms. The highest BCUT2D eigenvalue weighted by molar-refractivity contribution is 5.79. The summed E-state index contributed by atoms with van der Waals surface area (Å²) in [5, 5.41) is 3.03. The third-order valence-electron chi connectivity index (χ3n) is 4.67. The van der Waals surface area contributed by atoms with E-state index in [-0.39, 0.29) is 5.91 Å². The Morgan fingerprint density at radius 2 is 1.89 bits per heavy atom. The summed E-state index contributed by atoms with van der Waals surface area (Å²) in [4.78, 5) is 17.0. The number of aromatic nitrogens is 2. The average molecular weight is 361 g/mol. The van der Waals surface area contributed by atoms with Gasteiger partial charge in [-0.25, -0.2) is 4.98 Å². The van der Waals surface area contributed by atoms with Gasteiger partial charge >= 0.3 is 0 Å². The van der Waals surface area contributed by atoms with Crippen LogP contribution in [0.4, 0.5) is 0 Å². The van der Waals surface area contributed by atoms with Crippen molar-refractivity contribution in [2.24, 2.45) is 0 Å². The van der Waals surface area contributed by atoms with E-state index in [1.54, 1.807) is 0 Å². The van der Waals surface area contributed by atoms with Gasteiger partial charge in [-0.15, -0.1) is 0 Å². The highest BCUT2D eigenvalue weighted by Crippen LogP contribution is 2.18. The van der Waals surface area contributed by atoms with E-state index in [9.17, 15) is 4.79 Å². The van der Waals surface area contributed by atoms with Crippen molar-refractivity contribution in [3.05, 3.63) is 77.6 Å². The quantitative estimate of drug-likeness (QED) is 0.482. The van der Waals surface area contributed by atoms with Crippen LogP contribution in [0.25, 0.3) is 11.0 Å². The molecule has 1 aromatic heterocycles. The van der Waals surface area contributed by atoms with Gasteiger partial charge in [0, 0.05) is 19.5 Å². The lowest BCUT2D eigenvalue weighted by molar-refractivity contribution is -0.120. The summed E-state index contributed by atoms with van der Waals surface area (Å²) in [7, 11) is 0. The van der Waals surface area contributed by atoms with E-state index in [4.69, 9.17) is 4.98 Å². The molecule has 0 fully saturated rings. The van der Waals surface area contributed by atoms with Crippen LogP contribution in [0.15, 0.2) is 60.7 Å². The van der Waals surface area contributed by atoms with Crippen molar-refractivity contribution in [1.29, 1.82) is 0 Å². The van der Waals surface area contributed by atoms with Crippen LogP contribution < -0.4 is 5.32 Å². The van der Waals surface area contributed by atoms with E-state index in [1.807, 2.05) is 56.3 Å². The van der Waals surface area contributed by atoms with Crippen molar-refractivity contribution in [1.82, 2.24) is 14.9 Å². The van der Waals surface area contributed by atoms with Crippen LogP contribution >= 0.6 is 0 Å². The van der Waals surface area contributed by atoms with Gasteiger partial charge in [0.1, 0.15) is 5.82 Å². The Labute approximate surface area is 160 Å². The molecule has 1 amide bonds. The zero-order chi connectivity index (χ0) is 19.2. The monoisotopic (exact) mass is 361 g/mol. The lowest BCUT2D eigenvalue weighted by atomic mass is 10.1. The van der Waals surface area contributed by atoms with Crippen molar-refractivity contribution in [2.45, 2.75) is 39.7 Å². The van der Waals surface area contributed by atoms with Gasteiger partial charge in [0.25, 0.3) is 0 Å². The molecule has 0 radical (unpaired) electrons. The van der Waals surface area contributed by atoms with Gasteiger partial charge in [-0.1, -0.05) is 48.6 Å². The molecular formula is C23H27N3O. The second-order valence-corrected chi connectivity index (χ2v) is 7.12. The Balaban J connectivity index is 1.56. The van der Waals surface area contributed by atoms with Crippen LogP contribution in [0.3, 0.4) is 0 Å². The molecule has 4 nitrogen and oxygen atoms in total. The second kappa shape index (κ2) is 8.67. The SMILES string of the molecule is C=C(C)Cn1c(CCCNC(=O)Cc2ccccc2C)nc2ccccc21. The van der Waals surface area contributed by atoms with E-state index in [0.29, 0.717) is 13.0 Å². The van der Waals surface area contributed by atoms with Gasteiger partial charge in [0.15, 0.2) is 0 Å². The zero-order valence-electron chi connectivity index (χ0n) is 16.2. The number of imidazole rings is 1. The topological polar surface area (TPSA) is 46.9 Å². The van der Waals surface area contributed by atoms with Gasteiger partial charge in [0.05, 0.1) is 17.5 Å². The van der Waals surface area contributed by atoms with E-state index >= 15 is 0 Å². The molecule has 0 spiro atoms. The van der Waals surface area contributed by atoms with Crippen molar-refractivity contribution >= 4 is 16.9 Å². The smallest absolute Gasteiger partial charge is 0.224 e. The minimum Gasteiger partial charge on any atom is -0.356 e. The number of hydrogen-bond acceptors (Lipinski definition) is 2. The maximum Gasteiger partial charge on any atom is 0.224 e. The van der Waals surface area contributed by atoms with E-state index in [2.05, 4.69) is 22.5 Å². The molecule has 2 aromatic carbocycles. The number of nitrogens with one attached hydrogen (secondary N) is 1. The summed E-state index contributed by atoms with van der Waals surface area (Å²) in [6.45, 7) is 9.53. The van der Waals surface area contributed by atoms with Crippen LogP contribution in [-0.2, 0) is 24.2 Å². The fourth-order valence-corrected chi connectivity index (χ4v) is 3.28. The number of hydrogen-bond donors (Lipinski definition) is 1. The number of fused-ring (bicyclic) bond motifs is 1. The first-order valence-electron chi connectivity index (χ1n) is 9.44. The predicted molar refractivity (Wildman–Crippen MR) is 111 cm³/mol. The molecule has 1 N–H and O–H groups in total. The van der Waals surface area contributed by atoms with Gasteiger partial charge in [-0.3, -0.25) is 4.79 Å². The van der Waals surface area contributed by atoms with Crippen LogP contribution in [0.2, 0.25) is 0 Å². The molecular weight excluding hydrogens is 334 g/mol. The molecule has 3 aromatic rings. The molecule has 0 aliphatic carbocycles. The van der Waals surface area contributed by atoms with Gasteiger partial charge < -0.3 is 9.88 Å². The number of amides is 1. The lowest BCUT2D eigenvalue weighted by Gasteiger charge is -2.10. The first kappa shape index (κ1) is 18.9. The molecule has 0 aliphatic heterocycles. The molecule has 0 saturated heterocycles. The molecule has 0 atom stereocenters. The minimum atomic E-state index is 0.0692. The molecule has 0 saturated carbocycles. The highest BCUT2D eigenvalue weighted by atomic mass is 16.1. The van der Waals surface area contributed by atoms with Crippen molar-refractivity contribution in [3.63, 3.8) is 0 Å². The molecule has 1 heterocycles. The summed E-state index contributed by atoms with van der Waals surface area (Å²) in [5.74, 6) is 1.12. The Kier molecular flexibility index (Phi) is 6.07. The van der Waals surface area contributed by atoms with Crippen molar-refractivity contribution < 1.29 is 4.79 Å². The van der Waals surface area contributed by atoms with Gasteiger partial charge in [-0.2, -0.15) is 0 Å². The Bertz CT molecular complexity index is 955. The molecule has 3 rings (SSSR count). The molecule has 4 heteroatoms. The first-order chi connectivity index (χ1) is 13.0. The van der Waals surface area contributed by atoms with Crippen LogP contribution in [0, 0.1) is 6.92 Å². The maximum atomic E-state index is 12.2. The third kappa shape index (κ3) is 4.85. The predicted octanol–water partition coefficient (Wildman–Crippen LogP) is 4.21. The first-order valence-corrected chi connectivity index (χ1v) is 9.44. The fourth-order valence-electron chi connectivity index (χ4n) is 3.28. The summed E-state index contributed by atoms with van der Waals surface area (Å²) < 4.78 is 2.23. The van der Waals surface area contributed by atoms with Gasteiger partial charge in [0.2, 0.25) is 5.91 Å². The number of aryl methyl sites for hydroxylation is 2. The lowest BCUT2D eigenvalue weighted by Crippen LogP contribution is -2.26. The highest BCUT2D eigenvalue weighted by Gasteiger charge is 2.11. The number of rotatable bonds is 8. The third-order valence-corrected chi connectivity index (χ3v) is 4.67. The Morgan fingerprint density at radius 3 is 2.67 bits per heavy atom. The summed E-state index contributed by atoms with van der Waals surface area (Å²) in [6, 6.07) is 16.2. The van der Waals surface area contributed by atoms with E-state index in [0.717, 1.165) is 52.9 Å². The average Bonchev–Trinajstić information content (AvgIpc) is 2.98. The number of carbonyl (C=O) groups is 1. The Morgan fingerprint density at radius 1 is 1.15 bits per heavy atom. The number of nitrogens with zero attached hydrogens (tertiary/aromatic N) is 2. The number of allylic oxidation sites excluding steroid dienone is 1. The van der Waals surface area contributed by atoms with Crippen LogP contribution in [0.1, 0.15) is 30.3 Å². The summed E-state index contributed by atoms with van der Waals surface area (Å²) in [5.41, 5.74) is 5.49. The van der Waals surface area contributed by atoms with Gasteiger partial charge in [-0.05, 0) is 43.5 Å². The van der Waals surface area contributed by atoms with Crippen molar-refractivity contribution in [2.75, 3.05) is 6.54 Å². The number of carbonyl (C=O) groups excluding carboxylic acids is 1. The summed E-state index contributed by atoms with van der Waals surface area (Å²) in [6.07, 6.45) is 2.12. The molecule has 140 valence electrons. The number of para-hydroxylation sites is 2. The molecule has 0 unspecified atom stereocenters. The fraction of sp³-hybridized carbons (Fsp3) is 0.304. The van der Waals surface area contributed by atoms with Crippen molar-refractivity contribution in [3.8, 4) is 0 Å². The normalized spacial score (nSPS) is 10.9. The van der Waals surface area contributed by atoms with E-state index < -0.39 is 0 Å². The summed E-state index contributed by atoms with van der Waals surface area (Å²) >= 11 is 0. The number of benzene rings is 2.